The van der Waals surface area contributed by atoms with Crippen molar-refractivity contribution in [3.05, 3.63) is 0 Å². The molecule has 2 fully saturated rings. The Morgan fingerprint density at radius 3 is 2.54 bits per heavy atom. The van der Waals surface area contributed by atoms with E-state index in [2.05, 4.69) is 17.7 Å². The largest absolute Gasteiger partial charge is 0.379 e. The van der Waals surface area contributed by atoms with E-state index < -0.39 is 0 Å². The molecule has 1 spiro atoms. The van der Waals surface area contributed by atoms with Crippen LogP contribution in [0.3, 0.4) is 0 Å². The Morgan fingerprint density at radius 1 is 1.23 bits per heavy atom. The maximum Gasteiger partial charge on any atom is 0.0850 e. The van der Waals surface area contributed by atoms with Crippen LogP contribution in [0.15, 0.2) is 0 Å². The van der Waals surface area contributed by atoms with Crippen LogP contribution in [0, 0.1) is 0 Å². The zero-order valence-corrected chi connectivity index (χ0v) is 10.0. The molecule has 0 radical (unpaired) electrons. The molecule has 2 aliphatic rings. The summed E-state index contributed by atoms with van der Waals surface area (Å²) in [6.45, 7) is 2.30. The van der Waals surface area contributed by atoms with Gasteiger partial charge in [-0.25, -0.2) is 0 Å². The molecule has 1 saturated carbocycles. The number of hydrogen-bond donors (Lipinski definition) is 0. The fourth-order valence-electron chi connectivity index (χ4n) is 2.62. The van der Waals surface area contributed by atoms with Gasteiger partial charge in [0, 0.05) is 12.4 Å². The van der Waals surface area contributed by atoms with Gasteiger partial charge in [0.1, 0.15) is 0 Å². The third-order valence-electron chi connectivity index (χ3n) is 3.26. The quantitative estimate of drug-likeness (QED) is 0.624. The Kier molecular flexibility index (Phi) is 3.16. The van der Waals surface area contributed by atoms with Crippen LogP contribution in [0.4, 0.5) is 0 Å². The molecule has 1 aliphatic carbocycles. The minimum atomic E-state index is 0.469. The Labute approximate surface area is 88.8 Å². The zero-order valence-electron chi connectivity index (χ0n) is 8.41. The molecule has 1 nitrogen and oxygen atoms in total. The smallest absolute Gasteiger partial charge is 0.0850 e. The number of hydrogen-bond acceptors (Lipinski definition) is 3. The van der Waals surface area contributed by atoms with Gasteiger partial charge in [-0.05, 0) is 19.8 Å². The minimum Gasteiger partial charge on any atom is -0.379 e. The van der Waals surface area contributed by atoms with Crippen LogP contribution in [0.25, 0.3) is 0 Å². The predicted molar refractivity (Wildman–Crippen MR) is 61.3 cm³/mol. The van der Waals surface area contributed by atoms with Gasteiger partial charge in [-0.1, -0.05) is 40.9 Å². The third-order valence-corrected chi connectivity index (χ3v) is 7.08. The predicted octanol–water partition coefficient (Wildman–Crippen LogP) is 3.49. The van der Waals surface area contributed by atoms with Crippen molar-refractivity contribution in [1.29, 1.82) is 0 Å². The fraction of sp³-hybridized carbons (Fsp3) is 1.00. The molecule has 0 amide bonds. The van der Waals surface area contributed by atoms with Crippen molar-refractivity contribution >= 4 is 21.6 Å². The summed E-state index contributed by atoms with van der Waals surface area (Å²) in [6.07, 6.45) is 7.46. The first-order valence-corrected chi connectivity index (χ1v) is 7.37. The van der Waals surface area contributed by atoms with Crippen LogP contribution in [0.5, 0.6) is 0 Å². The zero-order chi connectivity index (χ0) is 9.31. The highest BCUT2D eigenvalue weighted by Gasteiger charge is 2.49. The van der Waals surface area contributed by atoms with Crippen molar-refractivity contribution in [1.82, 2.24) is 0 Å². The molecular weight excluding hydrogens is 200 g/mol. The lowest BCUT2D eigenvalue weighted by Crippen LogP contribution is -2.42. The first-order valence-electron chi connectivity index (χ1n) is 5.16. The van der Waals surface area contributed by atoms with E-state index in [0.717, 1.165) is 0 Å². The van der Waals surface area contributed by atoms with Gasteiger partial charge < -0.3 is 4.74 Å². The first kappa shape index (κ1) is 10.2. The van der Waals surface area contributed by atoms with Gasteiger partial charge >= 0.3 is 0 Å². The standard InChI is InChI=1S/C10H18OS2/c1-8-9(11-2)10(13-12-8)6-4-3-5-7-10/h8-9H,3-7H2,1-2H3. The van der Waals surface area contributed by atoms with E-state index in [1.807, 2.05) is 17.9 Å². The fourth-order valence-corrected chi connectivity index (χ4v) is 6.49. The lowest BCUT2D eigenvalue weighted by molar-refractivity contribution is 0.0585. The average Bonchev–Trinajstić information content (AvgIpc) is 2.45. The summed E-state index contributed by atoms with van der Waals surface area (Å²) in [4.78, 5) is 0. The highest BCUT2D eigenvalue weighted by molar-refractivity contribution is 8.77. The second kappa shape index (κ2) is 4.03. The lowest BCUT2D eigenvalue weighted by atomic mass is 9.83. The van der Waals surface area contributed by atoms with Crippen molar-refractivity contribution in [3.8, 4) is 0 Å². The molecule has 0 aromatic heterocycles. The van der Waals surface area contributed by atoms with Crippen molar-refractivity contribution in [2.45, 2.75) is 55.1 Å². The molecular formula is C10H18OS2. The van der Waals surface area contributed by atoms with Gasteiger partial charge in [-0.2, -0.15) is 0 Å². The van der Waals surface area contributed by atoms with Gasteiger partial charge in [-0.15, -0.1) is 0 Å². The Balaban J connectivity index is 2.11. The number of ether oxygens (including phenoxy) is 1. The highest BCUT2D eigenvalue weighted by Crippen LogP contribution is 2.58. The van der Waals surface area contributed by atoms with E-state index >= 15 is 0 Å². The molecule has 1 saturated heterocycles. The van der Waals surface area contributed by atoms with Gasteiger partial charge in [0.05, 0.1) is 10.9 Å². The van der Waals surface area contributed by atoms with Crippen molar-refractivity contribution < 1.29 is 4.74 Å². The van der Waals surface area contributed by atoms with E-state index in [1.165, 1.54) is 32.1 Å². The van der Waals surface area contributed by atoms with E-state index in [9.17, 15) is 0 Å². The molecule has 3 heteroatoms. The lowest BCUT2D eigenvalue weighted by Gasteiger charge is -2.37. The topological polar surface area (TPSA) is 9.23 Å². The molecule has 13 heavy (non-hydrogen) atoms. The summed E-state index contributed by atoms with van der Waals surface area (Å²) in [5.41, 5.74) is 0. The Morgan fingerprint density at radius 2 is 1.92 bits per heavy atom. The van der Waals surface area contributed by atoms with Gasteiger partial charge in [0.2, 0.25) is 0 Å². The molecule has 1 heterocycles. The van der Waals surface area contributed by atoms with Crippen LogP contribution in [0.2, 0.25) is 0 Å². The van der Waals surface area contributed by atoms with E-state index in [-0.39, 0.29) is 0 Å². The monoisotopic (exact) mass is 218 g/mol. The van der Waals surface area contributed by atoms with E-state index in [4.69, 9.17) is 4.74 Å². The maximum atomic E-state index is 5.68. The van der Waals surface area contributed by atoms with E-state index in [1.54, 1.807) is 0 Å². The molecule has 76 valence electrons. The summed E-state index contributed by atoms with van der Waals surface area (Å²) in [6, 6.07) is 0. The molecule has 0 N–H and O–H groups in total. The second-order valence-electron chi connectivity index (χ2n) is 4.17. The van der Waals surface area contributed by atoms with Crippen molar-refractivity contribution in [2.75, 3.05) is 7.11 Å². The number of methoxy groups -OCH3 is 1. The van der Waals surface area contributed by atoms with Crippen LogP contribution in [0.1, 0.15) is 39.0 Å². The average molecular weight is 218 g/mol. The molecule has 0 bridgehead atoms. The van der Waals surface area contributed by atoms with Crippen LogP contribution in [-0.4, -0.2) is 23.2 Å². The summed E-state index contributed by atoms with van der Waals surface area (Å²) >= 11 is 0. The third kappa shape index (κ3) is 1.75. The van der Waals surface area contributed by atoms with E-state index in [0.29, 0.717) is 16.1 Å². The molecule has 0 aromatic carbocycles. The molecule has 2 rings (SSSR count). The maximum absolute atomic E-state index is 5.68. The van der Waals surface area contributed by atoms with Crippen LogP contribution >= 0.6 is 21.6 Å². The SMILES string of the molecule is COC1C(C)SSC12CCCCC2. The minimum absolute atomic E-state index is 0.469. The first-order chi connectivity index (χ1) is 6.28. The summed E-state index contributed by atoms with van der Waals surface area (Å²) in [5.74, 6) is 0. The Bertz CT molecular complexity index is 172. The highest BCUT2D eigenvalue weighted by atomic mass is 33.1. The Hall–Kier alpha value is 0.660. The van der Waals surface area contributed by atoms with Gasteiger partial charge in [-0.3, -0.25) is 0 Å². The molecule has 1 aliphatic heterocycles. The van der Waals surface area contributed by atoms with Gasteiger partial charge in [0.15, 0.2) is 0 Å². The second-order valence-corrected chi connectivity index (χ2v) is 7.16. The summed E-state index contributed by atoms with van der Waals surface area (Å²) < 4.78 is 6.14. The normalized spacial score (nSPS) is 38.3. The van der Waals surface area contributed by atoms with Crippen molar-refractivity contribution in [2.24, 2.45) is 0 Å². The summed E-state index contributed by atoms with van der Waals surface area (Å²) in [7, 11) is 6.00. The number of rotatable bonds is 1. The van der Waals surface area contributed by atoms with Crippen molar-refractivity contribution in [3.63, 3.8) is 0 Å². The van der Waals surface area contributed by atoms with Gasteiger partial charge in [0.25, 0.3) is 0 Å². The van der Waals surface area contributed by atoms with Crippen LogP contribution < -0.4 is 0 Å². The molecule has 2 unspecified atom stereocenters. The van der Waals surface area contributed by atoms with Crippen LogP contribution in [-0.2, 0) is 4.74 Å². The summed E-state index contributed by atoms with van der Waals surface area (Å²) in [5, 5.41) is 0.674. The molecule has 2 atom stereocenters. The molecule has 0 aromatic rings.